The number of hydrogen-bond donors (Lipinski definition) is 1. The first-order valence-corrected chi connectivity index (χ1v) is 12.0. The molecule has 2 aromatic carbocycles. The van der Waals surface area contributed by atoms with Crippen molar-refractivity contribution in [2.75, 3.05) is 26.7 Å². The third kappa shape index (κ3) is 5.48. The Balaban J connectivity index is 1.39. The summed E-state index contributed by atoms with van der Waals surface area (Å²) in [5.41, 5.74) is 5.21. The van der Waals surface area contributed by atoms with Gasteiger partial charge in [0.25, 0.3) is 5.91 Å². The Labute approximate surface area is 187 Å². The Hall–Kier alpha value is -2.33. The van der Waals surface area contributed by atoms with Crippen LogP contribution in [0, 0.1) is 0 Å². The molecule has 2 aliphatic rings. The highest BCUT2D eigenvalue weighted by molar-refractivity contribution is 5.94. The number of benzene rings is 2. The van der Waals surface area contributed by atoms with Crippen molar-refractivity contribution in [3.8, 4) is 5.75 Å². The molecule has 0 saturated carbocycles. The molecule has 0 aromatic heterocycles. The van der Waals surface area contributed by atoms with E-state index in [0.717, 1.165) is 44.5 Å². The van der Waals surface area contributed by atoms with Crippen molar-refractivity contribution in [1.82, 2.24) is 10.2 Å². The summed E-state index contributed by atoms with van der Waals surface area (Å²) in [5.74, 6) is 1.51. The predicted molar refractivity (Wildman–Crippen MR) is 126 cm³/mol. The third-order valence-corrected chi connectivity index (χ3v) is 6.90. The van der Waals surface area contributed by atoms with Crippen LogP contribution in [0.1, 0.15) is 72.0 Å². The third-order valence-electron chi connectivity index (χ3n) is 6.90. The van der Waals surface area contributed by atoms with Gasteiger partial charge in [0.2, 0.25) is 0 Å². The van der Waals surface area contributed by atoms with Crippen molar-refractivity contribution in [2.24, 2.45) is 0 Å². The van der Waals surface area contributed by atoms with Gasteiger partial charge in [-0.15, -0.1) is 0 Å². The van der Waals surface area contributed by atoms with E-state index in [-0.39, 0.29) is 11.9 Å². The molecule has 1 aliphatic carbocycles. The molecule has 166 valence electrons. The fourth-order valence-corrected chi connectivity index (χ4v) is 4.95. The molecule has 0 spiro atoms. The summed E-state index contributed by atoms with van der Waals surface area (Å²) in [4.78, 5) is 15.3. The quantitative estimate of drug-likeness (QED) is 0.644. The molecule has 31 heavy (non-hydrogen) atoms. The number of nitrogens with zero attached hydrogens (tertiary/aromatic N) is 1. The first-order valence-electron chi connectivity index (χ1n) is 12.0. The van der Waals surface area contributed by atoms with Crippen molar-refractivity contribution < 1.29 is 9.53 Å². The lowest BCUT2D eigenvalue weighted by molar-refractivity contribution is 0.0933. The second-order valence-electron chi connectivity index (χ2n) is 9.20. The number of hydrogen-bond acceptors (Lipinski definition) is 3. The fourth-order valence-electron chi connectivity index (χ4n) is 4.95. The molecule has 2 aromatic rings. The van der Waals surface area contributed by atoms with E-state index in [4.69, 9.17) is 4.74 Å². The van der Waals surface area contributed by atoms with E-state index in [1.54, 1.807) is 0 Å². The van der Waals surface area contributed by atoms with Gasteiger partial charge in [-0.2, -0.15) is 0 Å². The number of likely N-dealkylation sites (tertiary alicyclic amines) is 1. The monoisotopic (exact) mass is 420 g/mol. The van der Waals surface area contributed by atoms with Crippen molar-refractivity contribution in [3.63, 3.8) is 0 Å². The van der Waals surface area contributed by atoms with Crippen LogP contribution in [0.15, 0.2) is 42.5 Å². The number of piperidine rings is 1. The molecule has 1 N–H and O–H groups in total. The topological polar surface area (TPSA) is 41.6 Å². The molecular formula is C27H36N2O2. The van der Waals surface area contributed by atoms with Gasteiger partial charge in [-0.1, -0.05) is 31.5 Å². The van der Waals surface area contributed by atoms with Gasteiger partial charge in [0.05, 0.1) is 6.61 Å². The predicted octanol–water partition coefficient (Wildman–Crippen LogP) is 4.96. The van der Waals surface area contributed by atoms with Gasteiger partial charge in [-0.25, -0.2) is 0 Å². The van der Waals surface area contributed by atoms with Gasteiger partial charge in [0, 0.05) is 11.6 Å². The maximum atomic E-state index is 12.9. The lowest BCUT2D eigenvalue weighted by Gasteiger charge is -2.33. The summed E-state index contributed by atoms with van der Waals surface area (Å²) in [7, 11) is 2.21. The number of aryl methyl sites for hydroxylation is 1. The maximum Gasteiger partial charge on any atom is 0.251 e. The molecule has 1 heterocycles. The molecule has 1 atom stereocenters. The second-order valence-corrected chi connectivity index (χ2v) is 9.20. The smallest absolute Gasteiger partial charge is 0.251 e. The lowest BCUT2D eigenvalue weighted by atomic mass is 9.79. The first-order chi connectivity index (χ1) is 15.1. The van der Waals surface area contributed by atoms with Gasteiger partial charge in [0.1, 0.15) is 5.75 Å². The summed E-state index contributed by atoms with van der Waals surface area (Å²) in [6, 6.07) is 14.6. The zero-order valence-electron chi connectivity index (χ0n) is 19.0. The number of rotatable bonds is 7. The molecule has 0 unspecified atom stereocenters. The summed E-state index contributed by atoms with van der Waals surface area (Å²) in [6.45, 7) is 5.22. The maximum absolute atomic E-state index is 12.9. The molecule has 4 heteroatoms. The molecular weight excluding hydrogens is 384 g/mol. The molecule has 4 rings (SSSR count). The zero-order valence-corrected chi connectivity index (χ0v) is 19.0. The van der Waals surface area contributed by atoms with Crippen LogP contribution in [-0.2, 0) is 12.8 Å². The van der Waals surface area contributed by atoms with Crippen LogP contribution >= 0.6 is 0 Å². The van der Waals surface area contributed by atoms with E-state index in [1.165, 1.54) is 42.6 Å². The van der Waals surface area contributed by atoms with Crippen LogP contribution in [-0.4, -0.2) is 43.6 Å². The highest BCUT2D eigenvalue weighted by atomic mass is 16.5. The van der Waals surface area contributed by atoms with E-state index >= 15 is 0 Å². The van der Waals surface area contributed by atoms with Crippen LogP contribution in [0.5, 0.6) is 5.75 Å². The SMILES string of the molecule is CCCCOc1ccc(C(=O)N[C@@H]2CCc3cccc(C4CCN(C)CC4)c3C2)cc1. The zero-order chi connectivity index (χ0) is 21.6. The van der Waals surface area contributed by atoms with E-state index in [9.17, 15) is 4.79 Å². The van der Waals surface area contributed by atoms with E-state index in [1.807, 2.05) is 24.3 Å². The number of unbranched alkanes of at least 4 members (excludes halogenated alkanes) is 1. The molecule has 0 radical (unpaired) electrons. The van der Waals surface area contributed by atoms with Crippen LogP contribution in [0.4, 0.5) is 0 Å². The average molecular weight is 421 g/mol. The average Bonchev–Trinajstić information content (AvgIpc) is 2.80. The summed E-state index contributed by atoms with van der Waals surface area (Å²) in [6.07, 6.45) is 7.63. The van der Waals surface area contributed by atoms with Gasteiger partial charge in [-0.05, 0) is 106 Å². The van der Waals surface area contributed by atoms with E-state index < -0.39 is 0 Å². The van der Waals surface area contributed by atoms with Gasteiger partial charge in [0.15, 0.2) is 0 Å². The Morgan fingerprint density at radius 3 is 2.61 bits per heavy atom. The summed E-state index contributed by atoms with van der Waals surface area (Å²) >= 11 is 0. The summed E-state index contributed by atoms with van der Waals surface area (Å²) < 4.78 is 5.71. The molecule has 4 nitrogen and oxygen atoms in total. The second kappa shape index (κ2) is 10.3. The Kier molecular flexibility index (Phi) is 7.29. The van der Waals surface area contributed by atoms with Crippen LogP contribution < -0.4 is 10.1 Å². The fraction of sp³-hybridized carbons (Fsp3) is 0.519. The highest BCUT2D eigenvalue weighted by Crippen LogP contribution is 2.34. The minimum absolute atomic E-state index is 0.0188. The first kappa shape index (κ1) is 21.9. The summed E-state index contributed by atoms with van der Waals surface area (Å²) in [5, 5.41) is 3.30. The van der Waals surface area contributed by atoms with Gasteiger partial charge >= 0.3 is 0 Å². The molecule has 0 bridgehead atoms. The van der Waals surface area contributed by atoms with Crippen molar-refractivity contribution in [3.05, 3.63) is 64.7 Å². The largest absolute Gasteiger partial charge is 0.494 e. The highest BCUT2D eigenvalue weighted by Gasteiger charge is 2.27. The Morgan fingerprint density at radius 2 is 1.87 bits per heavy atom. The molecule has 1 saturated heterocycles. The standard InChI is InChI=1S/C27H36N2O2/c1-3-4-18-31-24-12-9-22(10-13-24)27(30)28-23-11-8-20-6-5-7-25(26(20)19-23)21-14-16-29(2)17-15-21/h5-7,9-10,12-13,21,23H,3-4,8,11,14-19H2,1-2H3,(H,28,30)/t23-/m1/s1. The number of carbonyl (C=O) groups excluding carboxylic acids is 1. The Morgan fingerprint density at radius 1 is 1.10 bits per heavy atom. The van der Waals surface area contributed by atoms with Crippen molar-refractivity contribution >= 4 is 5.91 Å². The van der Waals surface area contributed by atoms with E-state index in [0.29, 0.717) is 11.5 Å². The molecule has 1 fully saturated rings. The van der Waals surface area contributed by atoms with Crippen LogP contribution in [0.3, 0.4) is 0 Å². The lowest BCUT2D eigenvalue weighted by Crippen LogP contribution is -2.39. The minimum atomic E-state index is 0.0188. The van der Waals surface area contributed by atoms with Crippen molar-refractivity contribution in [2.45, 2.75) is 63.8 Å². The van der Waals surface area contributed by atoms with E-state index in [2.05, 4.69) is 42.4 Å². The number of carbonyl (C=O) groups is 1. The minimum Gasteiger partial charge on any atom is -0.494 e. The molecule has 1 aliphatic heterocycles. The number of fused-ring (bicyclic) bond motifs is 1. The van der Waals surface area contributed by atoms with Gasteiger partial charge < -0.3 is 15.0 Å². The van der Waals surface area contributed by atoms with Crippen molar-refractivity contribution in [1.29, 1.82) is 0 Å². The Bertz CT molecular complexity index is 869. The number of amides is 1. The van der Waals surface area contributed by atoms with Crippen LogP contribution in [0.2, 0.25) is 0 Å². The van der Waals surface area contributed by atoms with Crippen LogP contribution in [0.25, 0.3) is 0 Å². The normalized spacial score (nSPS) is 19.6. The number of nitrogens with one attached hydrogen (secondary N) is 1. The van der Waals surface area contributed by atoms with Gasteiger partial charge in [-0.3, -0.25) is 4.79 Å². The number of ether oxygens (including phenoxy) is 1. The molecule has 1 amide bonds.